The number of hydrogen-bond donors (Lipinski definition) is 1. The van der Waals surface area contributed by atoms with Gasteiger partial charge < -0.3 is 19.3 Å². The smallest absolute Gasteiger partial charge is 0.335 e. The maximum Gasteiger partial charge on any atom is 0.335 e. The van der Waals surface area contributed by atoms with Gasteiger partial charge in [-0.05, 0) is 48.5 Å². The average molecular weight is 471 g/mol. The Morgan fingerprint density at radius 1 is 1.15 bits per heavy atom. The summed E-state index contributed by atoms with van der Waals surface area (Å²) in [7, 11) is 1.46. The lowest BCUT2D eigenvalue weighted by molar-refractivity contribution is -0.145. The Labute approximate surface area is 193 Å². The number of esters is 1. The molecule has 0 radical (unpaired) electrons. The van der Waals surface area contributed by atoms with Gasteiger partial charge in [-0.3, -0.25) is 19.3 Å². The zero-order chi connectivity index (χ0) is 24.0. The third-order valence-corrected chi connectivity index (χ3v) is 5.45. The van der Waals surface area contributed by atoms with Crippen molar-refractivity contribution in [3.05, 3.63) is 64.1 Å². The summed E-state index contributed by atoms with van der Waals surface area (Å²) < 4.78 is 16.1. The van der Waals surface area contributed by atoms with Gasteiger partial charge in [0.15, 0.2) is 11.5 Å². The van der Waals surface area contributed by atoms with E-state index in [4.69, 9.17) is 19.3 Å². The van der Waals surface area contributed by atoms with Gasteiger partial charge in [-0.1, -0.05) is 24.3 Å². The molecule has 3 rings (SSSR count). The predicted octanol–water partition coefficient (Wildman–Crippen LogP) is 3.57. The molecule has 0 bridgehead atoms. The highest BCUT2D eigenvalue weighted by atomic mass is 32.2. The van der Waals surface area contributed by atoms with Crippen LogP contribution in [0.1, 0.15) is 28.4 Å². The molecule has 1 heterocycles. The third-order valence-electron chi connectivity index (χ3n) is 4.54. The molecule has 1 aliphatic heterocycles. The molecule has 0 saturated carbocycles. The summed E-state index contributed by atoms with van der Waals surface area (Å²) in [5.41, 5.74) is 1.23. The van der Waals surface area contributed by atoms with Gasteiger partial charge in [0.1, 0.15) is 13.2 Å². The summed E-state index contributed by atoms with van der Waals surface area (Å²) in [6.07, 6.45) is 1.49. The van der Waals surface area contributed by atoms with Crippen LogP contribution in [0.15, 0.2) is 47.4 Å². The van der Waals surface area contributed by atoms with E-state index in [1.54, 1.807) is 37.3 Å². The van der Waals surface area contributed by atoms with E-state index in [2.05, 4.69) is 0 Å². The monoisotopic (exact) mass is 471 g/mol. The van der Waals surface area contributed by atoms with Gasteiger partial charge in [0.05, 0.1) is 24.2 Å². The number of carboxylic acids is 1. The average Bonchev–Trinajstić information content (AvgIpc) is 3.05. The topological polar surface area (TPSA) is 119 Å². The van der Waals surface area contributed by atoms with Gasteiger partial charge >= 0.3 is 11.9 Å². The van der Waals surface area contributed by atoms with Gasteiger partial charge in [0.2, 0.25) is 0 Å². The van der Waals surface area contributed by atoms with Crippen LogP contribution in [-0.4, -0.2) is 53.4 Å². The van der Waals surface area contributed by atoms with Crippen molar-refractivity contribution in [2.45, 2.75) is 13.5 Å². The van der Waals surface area contributed by atoms with Crippen molar-refractivity contribution in [3.63, 3.8) is 0 Å². The second kappa shape index (κ2) is 10.7. The lowest BCUT2D eigenvalue weighted by Gasteiger charge is -2.14. The number of hydrogen-bond acceptors (Lipinski definition) is 8. The van der Waals surface area contributed by atoms with Crippen molar-refractivity contribution in [3.8, 4) is 11.5 Å². The van der Waals surface area contributed by atoms with Crippen molar-refractivity contribution < 1.29 is 38.5 Å². The molecule has 2 aromatic rings. The first kappa shape index (κ1) is 23.9. The molecule has 1 saturated heterocycles. The summed E-state index contributed by atoms with van der Waals surface area (Å²) in [6.45, 7) is 1.36. The zero-order valence-electron chi connectivity index (χ0n) is 17.9. The highest BCUT2D eigenvalue weighted by Gasteiger charge is 2.36. The van der Waals surface area contributed by atoms with Crippen molar-refractivity contribution in [2.75, 3.05) is 20.3 Å². The number of carboxylic acid groups (broad SMARTS) is 1. The fourth-order valence-corrected chi connectivity index (χ4v) is 3.85. The van der Waals surface area contributed by atoms with Gasteiger partial charge in [-0.2, -0.15) is 0 Å². The number of thioether (sulfide) groups is 1. The molecule has 0 aliphatic carbocycles. The molecule has 9 nitrogen and oxygen atoms in total. The number of aromatic carboxylic acids is 1. The minimum absolute atomic E-state index is 0.0483. The van der Waals surface area contributed by atoms with E-state index in [1.807, 2.05) is 0 Å². The van der Waals surface area contributed by atoms with Crippen LogP contribution in [0.3, 0.4) is 0 Å². The Hall–Kier alpha value is -3.79. The highest BCUT2D eigenvalue weighted by Crippen LogP contribution is 2.37. The molecule has 0 atom stereocenters. The number of nitrogens with zero attached hydrogens (tertiary/aromatic N) is 1. The first-order valence-corrected chi connectivity index (χ1v) is 10.7. The molecule has 0 spiro atoms. The van der Waals surface area contributed by atoms with E-state index in [9.17, 15) is 19.2 Å². The number of rotatable bonds is 9. The number of methoxy groups -OCH3 is 1. The predicted molar refractivity (Wildman–Crippen MR) is 120 cm³/mol. The van der Waals surface area contributed by atoms with Crippen LogP contribution in [0, 0.1) is 0 Å². The number of ether oxygens (including phenoxy) is 3. The standard InChI is InChI=1S/C23H21NO8S/c1-3-31-19(25)12-24-21(26)18(33-23(24)29)11-15-7-5-9-17(30-2)20(15)32-13-14-6-4-8-16(10-14)22(27)28/h4-11H,3,12-13H2,1-2H3,(H,27,28)/b18-11+. The molecule has 1 fully saturated rings. The molecular weight excluding hydrogens is 450 g/mol. The van der Waals surface area contributed by atoms with Crippen LogP contribution >= 0.6 is 11.8 Å². The number of carbonyl (C=O) groups excluding carboxylic acids is 3. The summed E-state index contributed by atoms with van der Waals surface area (Å²) in [5.74, 6) is -1.62. The first-order chi connectivity index (χ1) is 15.8. The SMILES string of the molecule is CCOC(=O)CN1C(=O)S/C(=C/c2cccc(OC)c2OCc2cccc(C(=O)O)c2)C1=O. The number of benzene rings is 2. The van der Waals surface area contributed by atoms with Crippen LogP contribution in [0.4, 0.5) is 4.79 Å². The molecule has 0 unspecified atom stereocenters. The Morgan fingerprint density at radius 2 is 1.91 bits per heavy atom. The van der Waals surface area contributed by atoms with E-state index < -0.39 is 29.6 Å². The molecule has 1 N–H and O–H groups in total. The minimum atomic E-state index is -1.05. The van der Waals surface area contributed by atoms with Gasteiger partial charge in [-0.25, -0.2) is 4.79 Å². The van der Waals surface area contributed by atoms with E-state index in [0.717, 1.165) is 4.90 Å². The van der Waals surface area contributed by atoms with Crippen molar-refractivity contribution in [2.24, 2.45) is 0 Å². The third kappa shape index (κ3) is 5.72. The quantitative estimate of drug-likeness (QED) is 0.432. The summed E-state index contributed by atoms with van der Waals surface area (Å²) in [5, 5.41) is 8.60. The highest BCUT2D eigenvalue weighted by molar-refractivity contribution is 8.18. The van der Waals surface area contributed by atoms with Crippen LogP contribution < -0.4 is 9.47 Å². The maximum absolute atomic E-state index is 12.7. The number of para-hydroxylation sites is 1. The summed E-state index contributed by atoms with van der Waals surface area (Å²) in [4.78, 5) is 48.8. The van der Waals surface area contributed by atoms with Crippen LogP contribution in [-0.2, 0) is 20.9 Å². The Bertz CT molecular complexity index is 1130. The number of amides is 2. The van der Waals surface area contributed by atoms with E-state index >= 15 is 0 Å². The van der Waals surface area contributed by atoms with Gasteiger partial charge in [-0.15, -0.1) is 0 Å². The normalized spacial score (nSPS) is 14.5. The number of imide groups is 1. The van der Waals surface area contributed by atoms with E-state index in [-0.39, 0.29) is 23.7 Å². The molecule has 10 heteroatoms. The molecule has 172 valence electrons. The van der Waals surface area contributed by atoms with Crippen molar-refractivity contribution in [1.29, 1.82) is 0 Å². The second-order valence-electron chi connectivity index (χ2n) is 6.75. The van der Waals surface area contributed by atoms with Crippen LogP contribution in [0.2, 0.25) is 0 Å². The number of carbonyl (C=O) groups is 4. The van der Waals surface area contributed by atoms with Crippen molar-refractivity contribution in [1.82, 2.24) is 4.90 Å². The fraction of sp³-hybridized carbons (Fsp3) is 0.217. The second-order valence-corrected chi connectivity index (χ2v) is 7.74. The van der Waals surface area contributed by atoms with Crippen LogP contribution in [0.5, 0.6) is 11.5 Å². The molecule has 1 aliphatic rings. The first-order valence-electron chi connectivity index (χ1n) is 9.87. The molecule has 33 heavy (non-hydrogen) atoms. The van der Waals surface area contributed by atoms with Crippen LogP contribution in [0.25, 0.3) is 6.08 Å². The largest absolute Gasteiger partial charge is 0.493 e. The molecule has 2 amide bonds. The van der Waals surface area contributed by atoms with E-state index in [1.165, 1.54) is 25.3 Å². The lowest BCUT2D eigenvalue weighted by atomic mass is 10.1. The summed E-state index contributed by atoms with van der Waals surface area (Å²) >= 11 is 0.708. The Kier molecular flexibility index (Phi) is 7.73. The Balaban J connectivity index is 1.85. The van der Waals surface area contributed by atoms with Crippen molar-refractivity contribution >= 4 is 40.9 Å². The molecular formula is C23H21NO8S. The Morgan fingerprint density at radius 3 is 2.61 bits per heavy atom. The zero-order valence-corrected chi connectivity index (χ0v) is 18.7. The summed E-state index contributed by atoms with van der Waals surface area (Å²) in [6, 6.07) is 11.4. The minimum Gasteiger partial charge on any atom is -0.493 e. The van der Waals surface area contributed by atoms with Gasteiger partial charge in [0, 0.05) is 5.56 Å². The molecule has 2 aromatic carbocycles. The molecule has 0 aromatic heterocycles. The fourth-order valence-electron chi connectivity index (χ4n) is 3.02. The van der Waals surface area contributed by atoms with E-state index in [0.29, 0.717) is 34.4 Å². The van der Waals surface area contributed by atoms with Gasteiger partial charge in [0.25, 0.3) is 11.1 Å². The lowest BCUT2D eigenvalue weighted by Crippen LogP contribution is -2.34. The maximum atomic E-state index is 12.7.